The zero-order valence-electron chi connectivity index (χ0n) is 12.5. The second kappa shape index (κ2) is 5.76. The predicted octanol–water partition coefficient (Wildman–Crippen LogP) is 3.82. The van der Waals surface area contributed by atoms with Crippen molar-refractivity contribution in [3.63, 3.8) is 0 Å². The topological polar surface area (TPSA) is 65.0 Å². The van der Waals surface area contributed by atoms with Crippen molar-refractivity contribution in [2.24, 2.45) is 0 Å². The number of rotatable bonds is 1. The lowest BCUT2D eigenvalue weighted by molar-refractivity contribution is 0.101. The van der Waals surface area contributed by atoms with E-state index in [1.54, 1.807) is 18.2 Å². The number of hydrogen-bond acceptors (Lipinski definition) is 5. The van der Waals surface area contributed by atoms with Crippen molar-refractivity contribution in [2.45, 2.75) is 6.42 Å². The summed E-state index contributed by atoms with van der Waals surface area (Å²) in [6, 6.07) is 7.85. The Labute approximate surface area is 143 Å². The number of carbonyl (C=O) groups is 1. The molecule has 122 valence electrons. The number of ketones is 1. The summed E-state index contributed by atoms with van der Waals surface area (Å²) in [5.74, 6) is 1.37. The van der Waals surface area contributed by atoms with Gasteiger partial charge in [-0.25, -0.2) is 0 Å². The van der Waals surface area contributed by atoms with Gasteiger partial charge in [-0.1, -0.05) is 11.6 Å². The number of halogens is 1. The molecular weight excluding hydrogens is 332 g/mol. The molecule has 0 aromatic heterocycles. The molecule has 0 radical (unpaired) electrons. The van der Waals surface area contributed by atoms with E-state index in [0.717, 1.165) is 6.42 Å². The Bertz CT molecular complexity index is 872. The summed E-state index contributed by atoms with van der Waals surface area (Å²) in [6.45, 7) is 1.09. The molecule has 2 aliphatic rings. The minimum Gasteiger partial charge on any atom is -0.508 e. The first kappa shape index (κ1) is 14.9. The second-order valence-corrected chi connectivity index (χ2v) is 5.91. The van der Waals surface area contributed by atoms with Gasteiger partial charge in [0.05, 0.1) is 23.8 Å². The fourth-order valence-electron chi connectivity index (χ4n) is 2.66. The molecule has 0 spiro atoms. The van der Waals surface area contributed by atoms with Crippen molar-refractivity contribution in [1.29, 1.82) is 0 Å². The number of phenols is 1. The highest BCUT2D eigenvalue weighted by atomic mass is 35.5. The molecule has 4 rings (SSSR count). The number of ether oxygens (including phenoxy) is 3. The number of allylic oxidation sites excluding steroid dienone is 1. The van der Waals surface area contributed by atoms with Crippen molar-refractivity contribution in [2.75, 3.05) is 13.2 Å². The third kappa shape index (κ3) is 2.57. The molecule has 0 fully saturated rings. The average Bonchev–Trinajstić information content (AvgIpc) is 2.73. The molecule has 0 amide bonds. The van der Waals surface area contributed by atoms with Crippen molar-refractivity contribution < 1.29 is 24.1 Å². The van der Waals surface area contributed by atoms with Crippen molar-refractivity contribution >= 4 is 23.5 Å². The summed E-state index contributed by atoms with van der Waals surface area (Å²) >= 11 is 6.26. The quantitative estimate of drug-likeness (QED) is 0.797. The highest BCUT2D eigenvalue weighted by Gasteiger charge is 2.27. The van der Waals surface area contributed by atoms with Crippen molar-refractivity contribution in [1.82, 2.24) is 0 Å². The largest absolute Gasteiger partial charge is 0.508 e. The van der Waals surface area contributed by atoms with Crippen LogP contribution in [0.5, 0.6) is 23.0 Å². The molecule has 2 heterocycles. The molecule has 24 heavy (non-hydrogen) atoms. The van der Waals surface area contributed by atoms with Gasteiger partial charge in [0.2, 0.25) is 5.78 Å². The van der Waals surface area contributed by atoms with E-state index in [1.807, 2.05) is 0 Å². The Morgan fingerprint density at radius 1 is 1.08 bits per heavy atom. The molecule has 0 bridgehead atoms. The first-order valence-corrected chi connectivity index (χ1v) is 7.86. The van der Waals surface area contributed by atoms with E-state index in [9.17, 15) is 9.90 Å². The normalized spacial score (nSPS) is 17.4. The van der Waals surface area contributed by atoms with E-state index in [-0.39, 0.29) is 17.3 Å². The maximum absolute atomic E-state index is 12.4. The van der Waals surface area contributed by atoms with Crippen LogP contribution in [0, 0.1) is 0 Å². The fraction of sp³-hybridized carbons (Fsp3) is 0.167. The summed E-state index contributed by atoms with van der Waals surface area (Å²) in [4.78, 5) is 12.4. The molecule has 2 aromatic rings. The standard InChI is InChI=1S/C18H13ClO5/c19-13-6-10(8-16-18(13)23-5-1-4-22-16)7-15-17(21)12-3-2-11(20)9-14(12)24-15/h2-3,6-9,20H,1,4-5H2/b15-7-. The van der Waals surface area contributed by atoms with Crippen LogP contribution in [-0.2, 0) is 0 Å². The summed E-state index contributed by atoms with van der Waals surface area (Å²) in [5, 5.41) is 9.91. The maximum Gasteiger partial charge on any atom is 0.231 e. The van der Waals surface area contributed by atoms with Gasteiger partial charge in [0, 0.05) is 12.5 Å². The second-order valence-electron chi connectivity index (χ2n) is 5.50. The number of fused-ring (bicyclic) bond motifs is 2. The number of aromatic hydroxyl groups is 1. The van der Waals surface area contributed by atoms with Crippen LogP contribution in [0.4, 0.5) is 0 Å². The predicted molar refractivity (Wildman–Crippen MR) is 88.1 cm³/mol. The minimum atomic E-state index is -0.242. The van der Waals surface area contributed by atoms with Gasteiger partial charge in [-0.2, -0.15) is 0 Å². The van der Waals surface area contributed by atoms with Gasteiger partial charge in [-0.05, 0) is 35.9 Å². The van der Waals surface area contributed by atoms with Gasteiger partial charge in [0.1, 0.15) is 11.5 Å². The number of phenolic OH excluding ortho intramolecular Hbond substituents is 1. The number of Topliss-reactive ketones (excluding diaryl/α,β-unsaturated/α-hetero) is 1. The fourth-order valence-corrected chi connectivity index (χ4v) is 2.93. The molecule has 0 atom stereocenters. The lowest BCUT2D eigenvalue weighted by atomic mass is 10.1. The molecule has 0 saturated heterocycles. The molecule has 0 saturated carbocycles. The molecular formula is C18H13ClO5. The maximum atomic E-state index is 12.4. The van der Waals surface area contributed by atoms with Crippen LogP contribution in [-0.4, -0.2) is 24.1 Å². The Kier molecular flexibility index (Phi) is 3.58. The van der Waals surface area contributed by atoms with Crippen molar-refractivity contribution in [3.8, 4) is 23.0 Å². The lowest BCUT2D eigenvalue weighted by Gasteiger charge is -2.10. The zero-order chi connectivity index (χ0) is 16.7. The highest BCUT2D eigenvalue weighted by Crippen LogP contribution is 2.39. The van der Waals surface area contributed by atoms with E-state index in [0.29, 0.717) is 46.6 Å². The Morgan fingerprint density at radius 3 is 2.79 bits per heavy atom. The molecule has 2 aliphatic heterocycles. The molecule has 5 nitrogen and oxygen atoms in total. The lowest BCUT2D eigenvalue weighted by Crippen LogP contribution is -1.98. The van der Waals surface area contributed by atoms with E-state index in [2.05, 4.69) is 0 Å². The molecule has 1 N–H and O–H groups in total. The molecule has 0 aliphatic carbocycles. The van der Waals surface area contributed by atoms with Crippen LogP contribution >= 0.6 is 11.6 Å². The summed E-state index contributed by atoms with van der Waals surface area (Å²) in [5.41, 5.74) is 1.09. The van der Waals surface area contributed by atoms with Crippen LogP contribution in [0.3, 0.4) is 0 Å². The van der Waals surface area contributed by atoms with E-state index < -0.39 is 0 Å². The van der Waals surface area contributed by atoms with Gasteiger partial charge in [-0.15, -0.1) is 0 Å². The van der Waals surface area contributed by atoms with Crippen LogP contribution in [0.25, 0.3) is 6.08 Å². The SMILES string of the molecule is O=C1/C(=C/c2cc(Cl)c3c(c2)OCCCO3)Oc2cc(O)ccc21. The van der Waals surface area contributed by atoms with Crippen LogP contribution in [0.15, 0.2) is 36.1 Å². The van der Waals surface area contributed by atoms with Gasteiger partial charge in [-0.3, -0.25) is 4.79 Å². The number of carbonyl (C=O) groups excluding carboxylic acids is 1. The third-order valence-electron chi connectivity index (χ3n) is 3.78. The number of benzene rings is 2. The average molecular weight is 345 g/mol. The monoisotopic (exact) mass is 344 g/mol. The van der Waals surface area contributed by atoms with Crippen LogP contribution in [0.2, 0.25) is 5.02 Å². The first-order chi connectivity index (χ1) is 11.6. The molecule has 2 aromatic carbocycles. The van der Waals surface area contributed by atoms with Crippen LogP contribution < -0.4 is 14.2 Å². The Morgan fingerprint density at radius 2 is 1.92 bits per heavy atom. The smallest absolute Gasteiger partial charge is 0.231 e. The summed E-state index contributed by atoms with van der Waals surface area (Å²) in [7, 11) is 0. The van der Waals surface area contributed by atoms with Crippen molar-refractivity contribution in [3.05, 3.63) is 52.2 Å². The Balaban J connectivity index is 1.71. The Hall–Kier alpha value is -2.66. The van der Waals surface area contributed by atoms with Gasteiger partial charge in [0.15, 0.2) is 17.3 Å². The van der Waals surface area contributed by atoms with Gasteiger partial charge < -0.3 is 19.3 Å². The van der Waals surface area contributed by atoms with Crippen LogP contribution in [0.1, 0.15) is 22.3 Å². The third-order valence-corrected chi connectivity index (χ3v) is 4.06. The molecule has 6 heteroatoms. The highest BCUT2D eigenvalue weighted by molar-refractivity contribution is 6.32. The van der Waals surface area contributed by atoms with E-state index >= 15 is 0 Å². The first-order valence-electron chi connectivity index (χ1n) is 7.48. The zero-order valence-corrected chi connectivity index (χ0v) is 13.3. The van der Waals surface area contributed by atoms with E-state index in [4.69, 9.17) is 25.8 Å². The minimum absolute atomic E-state index is 0.0430. The van der Waals surface area contributed by atoms with Gasteiger partial charge in [0.25, 0.3) is 0 Å². The summed E-state index contributed by atoms with van der Waals surface area (Å²) in [6.07, 6.45) is 2.38. The molecule has 0 unspecified atom stereocenters. The van der Waals surface area contributed by atoms with Gasteiger partial charge >= 0.3 is 0 Å². The number of hydrogen-bond donors (Lipinski definition) is 1. The van der Waals surface area contributed by atoms with E-state index in [1.165, 1.54) is 18.2 Å². The summed E-state index contributed by atoms with van der Waals surface area (Å²) < 4.78 is 16.8.